The van der Waals surface area contributed by atoms with E-state index in [2.05, 4.69) is 11.2 Å². The average Bonchev–Trinajstić information content (AvgIpc) is 2.67. The van der Waals surface area contributed by atoms with Gasteiger partial charge in [-0.15, -0.1) is 0 Å². The minimum atomic E-state index is -0.0871. The van der Waals surface area contributed by atoms with E-state index in [1.54, 1.807) is 7.11 Å². The van der Waals surface area contributed by atoms with E-state index >= 15 is 0 Å². The van der Waals surface area contributed by atoms with Gasteiger partial charge in [-0.2, -0.15) is 5.10 Å². The third-order valence-corrected chi connectivity index (χ3v) is 3.07. The van der Waals surface area contributed by atoms with E-state index in [1.165, 1.54) is 0 Å². The van der Waals surface area contributed by atoms with Crippen molar-refractivity contribution in [2.24, 2.45) is 12.8 Å². The molecule has 0 spiro atoms. The van der Waals surface area contributed by atoms with Crippen molar-refractivity contribution in [2.75, 3.05) is 7.11 Å². The largest absolute Gasteiger partial charge is 0.496 e. The van der Waals surface area contributed by atoms with Crippen LogP contribution in [-0.2, 0) is 13.5 Å². The minimum Gasteiger partial charge on any atom is -0.496 e. The van der Waals surface area contributed by atoms with Crippen molar-refractivity contribution in [3.63, 3.8) is 0 Å². The molecule has 0 saturated heterocycles. The van der Waals surface area contributed by atoms with Crippen LogP contribution in [0.15, 0.2) is 30.3 Å². The molecule has 1 aromatic heterocycles. The van der Waals surface area contributed by atoms with Gasteiger partial charge in [-0.3, -0.25) is 4.68 Å². The van der Waals surface area contributed by atoms with E-state index in [4.69, 9.17) is 10.5 Å². The van der Waals surface area contributed by atoms with Crippen LogP contribution in [0.25, 0.3) is 0 Å². The summed E-state index contributed by atoms with van der Waals surface area (Å²) in [4.78, 5) is 0. The SMILES string of the molecule is COc1ccccc1C(N)Cc1cc(C)nn1C. The fraction of sp³-hybridized carbons (Fsp3) is 0.357. The molecule has 0 saturated carbocycles. The Morgan fingerprint density at radius 1 is 1.39 bits per heavy atom. The molecule has 2 aromatic rings. The quantitative estimate of drug-likeness (QED) is 0.896. The van der Waals surface area contributed by atoms with Crippen molar-refractivity contribution >= 4 is 0 Å². The molecule has 1 atom stereocenters. The Morgan fingerprint density at radius 2 is 2.11 bits per heavy atom. The average molecular weight is 245 g/mol. The Hall–Kier alpha value is -1.81. The third-order valence-electron chi connectivity index (χ3n) is 3.07. The monoisotopic (exact) mass is 245 g/mol. The molecular formula is C14H19N3O. The van der Waals surface area contributed by atoms with E-state index in [1.807, 2.05) is 42.9 Å². The molecule has 4 heteroatoms. The van der Waals surface area contributed by atoms with Gasteiger partial charge in [0.2, 0.25) is 0 Å². The molecule has 0 fully saturated rings. The van der Waals surface area contributed by atoms with E-state index in [-0.39, 0.29) is 6.04 Å². The second-order valence-corrected chi connectivity index (χ2v) is 4.45. The van der Waals surface area contributed by atoms with Crippen molar-refractivity contribution in [1.29, 1.82) is 0 Å². The van der Waals surface area contributed by atoms with E-state index in [0.29, 0.717) is 0 Å². The summed E-state index contributed by atoms with van der Waals surface area (Å²) in [7, 11) is 3.61. The highest BCUT2D eigenvalue weighted by atomic mass is 16.5. The molecule has 4 nitrogen and oxygen atoms in total. The number of methoxy groups -OCH3 is 1. The first-order valence-electron chi connectivity index (χ1n) is 6.00. The Morgan fingerprint density at radius 3 is 2.72 bits per heavy atom. The number of rotatable bonds is 4. The lowest BCUT2D eigenvalue weighted by molar-refractivity contribution is 0.405. The number of ether oxygens (including phenoxy) is 1. The molecule has 0 aliphatic rings. The van der Waals surface area contributed by atoms with E-state index in [9.17, 15) is 0 Å². The van der Waals surface area contributed by atoms with Gasteiger partial charge < -0.3 is 10.5 Å². The van der Waals surface area contributed by atoms with Crippen LogP contribution < -0.4 is 10.5 Å². The summed E-state index contributed by atoms with van der Waals surface area (Å²) in [5.74, 6) is 0.837. The maximum Gasteiger partial charge on any atom is 0.123 e. The molecule has 96 valence electrons. The molecule has 0 bridgehead atoms. The Balaban J connectivity index is 2.21. The summed E-state index contributed by atoms with van der Waals surface area (Å²) >= 11 is 0. The van der Waals surface area contributed by atoms with Gasteiger partial charge in [0.1, 0.15) is 5.75 Å². The number of hydrogen-bond donors (Lipinski definition) is 1. The number of hydrogen-bond acceptors (Lipinski definition) is 3. The highest BCUT2D eigenvalue weighted by Gasteiger charge is 2.14. The predicted molar refractivity (Wildman–Crippen MR) is 71.6 cm³/mol. The van der Waals surface area contributed by atoms with Gasteiger partial charge in [-0.25, -0.2) is 0 Å². The number of aryl methyl sites for hydroxylation is 2. The Labute approximate surface area is 107 Å². The van der Waals surface area contributed by atoms with Gasteiger partial charge in [-0.05, 0) is 19.1 Å². The molecule has 1 heterocycles. The number of para-hydroxylation sites is 1. The van der Waals surface area contributed by atoms with Gasteiger partial charge >= 0.3 is 0 Å². The normalized spacial score (nSPS) is 12.4. The van der Waals surface area contributed by atoms with Crippen molar-refractivity contribution in [3.05, 3.63) is 47.3 Å². The highest BCUT2D eigenvalue weighted by Crippen LogP contribution is 2.25. The number of aromatic nitrogens is 2. The number of benzene rings is 1. The summed E-state index contributed by atoms with van der Waals surface area (Å²) in [5.41, 5.74) is 9.43. The number of nitrogens with two attached hydrogens (primary N) is 1. The molecule has 0 aliphatic carbocycles. The van der Waals surface area contributed by atoms with E-state index < -0.39 is 0 Å². The van der Waals surface area contributed by atoms with Gasteiger partial charge in [0.15, 0.2) is 0 Å². The van der Waals surface area contributed by atoms with Crippen molar-refractivity contribution in [1.82, 2.24) is 9.78 Å². The van der Waals surface area contributed by atoms with Crippen LogP contribution in [0.1, 0.15) is 23.0 Å². The zero-order valence-corrected chi connectivity index (χ0v) is 11.1. The van der Waals surface area contributed by atoms with Crippen LogP contribution in [-0.4, -0.2) is 16.9 Å². The Kier molecular flexibility index (Phi) is 3.67. The lowest BCUT2D eigenvalue weighted by Crippen LogP contribution is -2.16. The maximum atomic E-state index is 6.26. The molecule has 0 aliphatic heterocycles. The highest BCUT2D eigenvalue weighted by molar-refractivity contribution is 5.36. The standard InChI is InChI=1S/C14H19N3O/c1-10-8-11(17(2)16-10)9-13(15)12-6-4-5-7-14(12)18-3/h4-8,13H,9,15H2,1-3H3. The van der Waals surface area contributed by atoms with E-state index in [0.717, 1.165) is 29.1 Å². The van der Waals surface area contributed by atoms with Crippen LogP contribution >= 0.6 is 0 Å². The minimum absolute atomic E-state index is 0.0871. The van der Waals surface area contributed by atoms with Crippen molar-refractivity contribution in [3.8, 4) is 5.75 Å². The molecule has 0 amide bonds. The smallest absolute Gasteiger partial charge is 0.123 e. The van der Waals surface area contributed by atoms with Gasteiger partial charge in [0.25, 0.3) is 0 Å². The lowest BCUT2D eigenvalue weighted by Gasteiger charge is -2.15. The molecule has 2 N–H and O–H groups in total. The third kappa shape index (κ3) is 2.54. The topological polar surface area (TPSA) is 53.1 Å². The summed E-state index contributed by atoms with van der Waals surface area (Å²) in [6.07, 6.45) is 0.748. The summed E-state index contributed by atoms with van der Waals surface area (Å²) in [6.45, 7) is 1.98. The van der Waals surface area contributed by atoms with Crippen LogP contribution in [0.4, 0.5) is 0 Å². The first-order valence-corrected chi connectivity index (χ1v) is 6.00. The number of nitrogens with zero attached hydrogens (tertiary/aromatic N) is 2. The first kappa shape index (κ1) is 12.6. The first-order chi connectivity index (χ1) is 8.61. The molecule has 0 radical (unpaired) electrons. The zero-order valence-electron chi connectivity index (χ0n) is 11.1. The molecular weight excluding hydrogens is 226 g/mol. The van der Waals surface area contributed by atoms with Gasteiger partial charge in [0, 0.05) is 30.8 Å². The molecule has 2 rings (SSSR count). The van der Waals surface area contributed by atoms with Gasteiger partial charge in [0.05, 0.1) is 12.8 Å². The van der Waals surface area contributed by atoms with Crippen molar-refractivity contribution in [2.45, 2.75) is 19.4 Å². The predicted octanol–water partition coefficient (Wildman–Crippen LogP) is 1.98. The zero-order chi connectivity index (χ0) is 13.1. The molecule has 1 unspecified atom stereocenters. The summed E-state index contributed by atoms with van der Waals surface area (Å²) in [5, 5.41) is 4.33. The van der Waals surface area contributed by atoms with Crippen molar-refractivity contribution < 1.29 is 4.74 Å². The Bertz CT molecular complexity index is 534. The second kappa shape index (κ2) is 5.23. The molecule has 1 aromatic carbocycles. The van der Waals surface area contributed by atoms with Gasteiger partial charge in [-0.1, -0.05) is 18.2 Å². The maximum absolute atomic E-state index is 6.26. The lowest BCUT2D eigenvalue weighted by atomic mass is 10.0. The van der Waals surface area contributed by atoms with Crippen LogP contribution in [0.3, 0.4) is 0 Å². The molecule has 18 heavy (non-hydrogen) atoms. The summed E-state index contributed by atoms with van der Waals surface area (Å²) in [6, 6.07) is 9.84. The van der Waals surface area contributed by atoms with Crippen LogP contribution in [0.5, 0.6) is 5.75 Å². The fourth-order valence-corrected chi connectivity index (χ4v) is 2.16. The van der Waals surface area contributed by atoms with Crippen LogP contribution in [0.2, 0.25) is 0 Å². The second-order valence-electron chi connectivity index (χ2n) is 4.45. The fourth-order valence-electron chi connectivity index (χ4n) is 2.16. The van der Waals surface area contributed by atoms with Crippen LogP contribution in [0, 0.1) is 6.92 Å². The summed E-state index contributed by atoms with van der Waals surface area (Å²) < 4.78 is 7.22.